The van der Waals surface area contributed by atoms with Gasteiger partial charge in [-0.1, -0.05) is 234 Å². The van der Waals surface area contributed by atoms with Gasteiger partial charge in [0, 0.05) is 19.3 Å². The summed E-state index contributed by atoms with van der Waals surface area (Å²) in [6.45, 7) is 4.59. The topological polar surface area (TPSA) is 99.1 Å². The van der Waals surface area contributed by atoms with Gasteiger partial charge in [-0.25, -0.2) is 4.79 Å². The molecule has 1 N–H and O–H groups in total. The number of allylic oxidation sites excluding steroid dienone is 14. The van der Waals surface area contributed by atoms with Crippen LogP contribution < -0.4 is 0 Å². The van der Waals surface area contributed by atoms with Gasteiger partial charge in [0.25, 0.3) is 0 Å². The summed E-state index contributed by atoms with van der Waals surface area (Å²) < 4.78 is 17.3. The van der Waals surface area contributed by atoms with Crippen LogP contribution in [0.5, 0.6) is 0 Å². The highest BCUT2D eigenvalue weighted by Gasteiger charge is 2.31. The number of hydrogen-bond donors (Lipinski definition) is 1. The van der Waals surface area contributed by atoms with Crippen LogP contribution in [-0.4, -0.2) is 80.6 Å². The minimum absolute atomic E-state index is 0.0355. The normalized spacial score (nSPS) is 13.5. The number of carboxylic acid groups (broad SMARTS) is 1. The van der Waals surface area contributed by atoms with Crippen molar-refractivity contribution in [2.75, 3.05) is 41.0 Å². The Morgan fingerprint density at radius 1 is 0.449 bits per heavy atom. The minimum atomic E-state index is -0.884. The van der Waals surface area contributed by atoms with Crippen LogP contribution in [0.25, 0.3) is 0 Å². The zero-order valence-electron chi connectivity index (χ0n) is 45.2. The SMILES string of the molecule is CC/C=C/C/C=C/C/C=C/C/C=C/C/C=C/C/C=C/C/C=C/CCCC(=O)OC(COCCC(C(=O)O)[N+](C)(C)C)COC(=O)CCCCCCCCCCCCCCCCCCCCCCCC. The second-order valence-electron chi connectivity index (χ2n) is 19.8. The Balaban J connectivity index is 4.29. The Hall–Kier alpha value is -3.49. The lowest BCUT2D eigenvalue weighted by molar-refractivity contribution is -0.887. The summed E-state index contributed by atoms with van der Waals surface area (Å²) in [6, 6.07) is -0.630. The van der Waals surface area contributed by atoms with Crippen molar-refractivity contribution >= 4 is 17.9 Å². The molecule has 0 aliphatic heterocycles. The second-order valence-corrected chi connectivity index (χ2v) is 19.8. The van der Waals surface area contributed by atoms with E-state index in [1.807, 2.05) is 21.1 Å². The summed E-state index contributed by atoms with van der Waals surface area (Å²) in [6.07, 6.45) is 68.0. The van der Waals surface area contributed by atoms with Crippen molar-refractivity contribution in [1.29, 1.82) is 0 Å². The molecule has 8 nitrogen and oxygen atoms in total. The van der Waals surface area contributed by atoms with Crippen molar-refractivity contribution in [3.05, 3.63) is 85.1 Å². The zero-order valence-corrected chi connectivity index (χ0v) is 45.2. The highest BCUT2D eigenvalue weighted by atomic mass is 16.6. The van der Waals surface area contributed by atoms with Crippen molar-refractivity contribution in [3.63, 3.8) is 0 Å². The number of unbranched alkanes of at least 4 members (excludes halogenated alkanes) is 22. The number of nitrogens with zero attached hydrogens (tertiary/aromatic N) is 1. The molecule has 0 rings (SSSR count). The van der Waals surface area contributed by atoms with Crippen molar-refractivity contribution < 1.29 is 38.2 Å². The van der Waals surface area contributed by atoms with E-state index in [1.54, 1.807) is 0 Å². The van der Waals surface area contributed by atoms with E-state index in [9.17, 15) is 19.5 Å². The van der Waals surface area contributed by atoms with Crippen LogP contribution >= 0.6 is 0 Å². The van der Waals surface area contributed by atoms with E-state index in [2.05, 4.69) is 98.9 Å². The summed E-state index contributed by atoms with van der Waals surface area (Å²) in [5, 5.41) is 9.67. The molecule has 0 saturated carbocycles. The van der Waals surface area contributed by atoms with Crippen LogP contribution in [0.3, 0.4) is 0 Å². The molecule has 0 aromatic heterocycles. The molecule has 0 saturated heterocycles. The number of hydrogen-bond acceptors (Lipinski definition) is 6. The molecule has 0 spiro atoms. The predicted molar refractivity (Wildman–Crippen MR) is 293 cm³/mol. The Bertz CT molecular complexity index is 1400. The van der Waals surface area contributed by atoms with Gasteiger partial charge in [-0.2, -0.15) is 0 Å². The van der Waals surface area contributed by atoms with E-state index in [-0.39, 0.29) is 42.7 Å². The second kappa shape index (κ2) is 50.9. The van der Waals surface area contributed by atoms with Gasteiger partial charge in [-0.15, -0.1) is 0 Å². The number of quaternary nitrogens is 1. The summed E-state index contributed by atoms with van der Waals surface area (Å²) in [4.78, 5) is 37.2. The summed E-state index contributed by atoms with van der Waals surface area (Å²) in [5.74, 6) is -1.54. The van der Waals surface area contributed by atoms with Crippen LogP contribution in [-0.2, 0) is 28.6 Å². The number of likely N-dealkylation sites (N-methyl/N-ethyl adjacent to an activating group) is 1. The molecule has 0 aromatic rings. The monoisotopic (exact) mass is 965 g/mol. The number of aliphatic carboxylic acids is 1. The molecule has 0 fully saturated rings. The first-order valence-corrected chi connectivity index (χ1v) is 28.1. The molecule has 0 amide bonds. The molecular weight excluding hydrogens is 859 g/mol. The molecule has 2 unspecified atom stereocenters. The van der Waals surface area contributed by atoms with Crippen molar-refractivity contribution in [3.8, 4) is 0 Å². The molecule has 8 heteroatoms. The van der Waals surface area contributed by atoms with E-state index >= 15 is 0 Å². The maximum Gasteiger partial charge on any atom is 0.362 e. The van der Waals surface area contributed by atoms with Crippen LogP contribution in [0.4, 0.5) is 0 Å². The van der Waals surface area contributed by atoms with E-state index in [0.29, 0.717) is 19.3 Å². The van der Waals surface area contributed by atoms with E-state index in [4.69, 9.17) is 14.2 Å². The van der Waals surface area contributed by atoms with Crippen LogP contribution in [0.2, 0.25) is 0 Å². The Labute approximate surface area is 424 Å². The smallest absolute Gasteiger partial charge is 0.362 e. The number of carbonyl (C=O) groups excluding carboxylic acids is 2. The maximum absolute atomic E-state index is 12.8. The summed E-state index contributed by atoms with van der Waals surface area (Å²) in [5.41, 5.74) is 0. The molecule has 69 heavy (non-hydrogen) atoms. The molecule has 2 atom stereocenters. The fraction of sp³-hybridized carbons (Fsp3) is 0.721. The molecule has 0 aromatic carbocycles. The third-order valence-corrected chi connectivity index (χ3v) is 12.3. The van der Waals surface area contributed by atoms with Crippen molar-refractivity contribution in [1.82, 2.24) is 0 Å². The molecule has 0 heterocycles. The first-order chi connectivity index (χ1) is 33.6. The van der Waals surface area contributed by atoms with Gasteiger partial charge in [0.15, 0.2) is 12.1 Å². The lowest BCUT2D eigenvalue weighted by Gasteiger charge is -2.31. The molecular formula is C61H106NO7+. The number of rotatable bonds is 50. The average Bonchev–Trinajstić information content (AvgIpc) is 3.31. The molecule has 0 aliphatic rings. The predicted octanol–water partition coefficient (Wildman–Crippen LogP) is 16.8. The largest absolute Gasteiger partial charge is 0.477 e. The van der Waals surface area contributed by atoms with Crippen molar-refractivity contribution in [2.45, 2.75) is 244 Å². The quantitative estimate of drug-likeness (QED) is 0.0281. The highest BCUT2D eigenvalue weighted by molar-refractivity contribution is 5.72. The van der Waals surface area contributed by atoms with Crippen LogP contribution in [0, 0.1) is 0 Å². The van der Waals surface area contributed by atoms with Gasteiger partial charge < -0.3 is 23.8 Å². The fourth-order valence-corrected chi connectivity index (χ4v) is 8.02. The first kappa shape index (κ1) is 65.5. The third-order valence-electron chi connectivity index (χ3n) is 12.3. The number of ether oxygens (including phenoxy) is 3. The van der Waals surface area contributed by atoms with Gasteiger partial charge in [-0.3, -0.25) is 9.59 Å². The van der Waals surface area contributed by atoms with Gasteiger partial charge in [-0.05, 0) is 64.2 Å². The molecule has 396 valence electrons. The molecule has 0 bridgehead atoms. The fourth-order valence-electron chi connectivity index (χ4n) is 8.02. The maximum atomic E-state index is 12.8. The minimum Gasteiger partial charge on any atom is -0.477 e. The number of esters is 2. The lowest BCUT2D eigenvalue weighted by atomic mass is 10.0. The summed E-state index contributed by atoms with van der Waals surface area (Å²) in [7, 11) is 5.52. The molecule has 0 aliphatic carbocycles. The standard InChI is InChI=1S/C61H105NO7/c1-6-8-10-12-14-16-18-20-22-24-26-28-30-32-34-36-38-40-42-44-46-48-50-52-60(64)69-57(55-67-54-53-58(61(65)66)62(3,4)5)56-68-59(63)51-49-47-45-43-41-39-37-35-33-31-29-27-25-23-21-19-17-15-13-11-9-7-2/h8,10,14,16,20,22,26,28,32,34,38,40,44,46,57-58H,6-7,9,11-13,15,17-19,21,23-25,27,29-31,33,35-37,39,41-43,45,47-56H2,1-5H3/p+1/b10-8+,16-14+,22-20+,28-26+,34-32+,40-38+,46-44+. The van der Waals surface area contributed by atoms with Crippen LogP contribution in [0.15, 0.2) is 85.1 Å². The Morgan fingerprint density at radius 3 is 1.19 bits per heavy atom. The van der Waals surface area contributed by atoms with E-state index < -0.39 is 18.1 Å². The van der Waals surface area contributed by atoms with Gasteiger partial charge in [0.2, 0.25) is 0 Å². The van der Waals surface area contributed by atoms with Gasteiger partial charge in [0.05, 0.1) is 34.4 Å². The summed E-state index contributed by atoms with van der Waals surface area (Å²) >= 11 is 0. The highest BCUT2D eigenvalue weighted by Crippen LogP contribution is 2.16. The van der Waals surface area contributed by atoms with Crippen LogP contribution in [0.1, 0.15) is 232 Å². The van der Waals surface area contributed by atoms with Crippen molar-refractivity contribution in [2.24, 2.45) is 0 Å². The van der Waals surface area contributed by atoms with E-state index in [1.165, 1.54) is 122 Å². The third kappa shape index (κ3) is 49.3. The Kier molecular flexibility index (Phi) is 48.3. The first-order valence-electron chi connectivity index (χ1n) is 28.1. The van der Waals surface area contributed by atoms with Gasteiger partial charge >= 0.3 is 17.9 Å². The number of carbonyl (C=O) groups is 3. The number of carboxylic acids is 1. The Morgan fingerprint density at radius 2 is 0.812 bits per heavy atom. The van der Waals surface area contributed by atoms with Gasteiger partial charge in [0.1, 0.15) is 6.61 Å². The average molecular weight is 966 g/mol. The lowest BCUT2D eigenvalue weighted by Crippen LogP contribution is -2.50. The van der Waals surface area contributed by atoms with E-state index in [0.717, 1.165) is 70.6 Å². The zero-order chi connectivity index (χ0) is 50.6. The molecule has 0 radical (unpaired) electrons.